The SMILES string of the molecule is Cc1cc(NC(=O)C(C)SCC(=O)NCc2ccnc(OCc3ccccc3)c2)no1. The van der Waals surface area contributed by atoms with Gasteiger partial charge in [-0.3, -0.25) is 9.59 Å². The van der Waals surface area contributed by atoms with Crippen LogP contribution < -0.4 is 15.4 Å². The molecule has 2 heterocycles. The average molecular weight is 441 g/mol. The number of amides is 2. The third-order valence-corrected chi connectivity index (χ3v) is 5.37. The monoisotopic (exact) mass is 440 g/mol. The lowest BCUT2D eigenvalue weighted by atomic mass is 10.2. The molecule has 9 heteroatoms. The lowest BCUT2D eigenvalue weighted by molar-refractivity contribution is -0.118. The first-order valence-corrected chi connectivity index (χ1v) is 10.8. The zero-order valence-electron chi connectivity index (χ0n) is 17.3. The van der Waals surface area contributed by atoms with Crippen LogP contribution in [0.1, 0.15) is 23.8 Å². The van der Waals surface area contributed by atoms with E-state index in [0.29, 0.717) is 30.6 Å². The van der Waals surface area contributed by atoms with E-state index >= 15 is 0 Å². The molecule has 0 saturated heterocycles. The first-order chi connectivity index (χ1) is 15.0. The topological polar surface area (TPSA) is 106 Å². The fourth-order valence-electron chi connectivity index (χ4n) is 2.55. The number of aromatic nitrogens is 2. The average Bonchev–Trinajstić information content (AvgIpc) is 3.20. The van der Waals surface area contributed by atoms with E-state index in [1.165, 1.54) is 11.8 Å². The Morgan fingerprint density at radius 2 is 1.97 bits per heavy atom. The second-order valence-electron chi connectivity index (χ2n) is 6.82. The number of ether oxygens (including phenoxy) is 1. The highest BCUT2D eigenvalue weighted by Gasteiger charge is 2.16. The van der Waals surface area contributed by atoms with E-state index in [-0.39, 0.29) is 17.6 Å². The molecular formula is C22H24N4O4S. The normalized spacial score (nSPS) is 11.5. The summed E-state index contributed by atoms with van der Waals surface area (Å²) >= 11 is 1.24. The van der Waals surface area contributed by atoms with Gasteiger partial charge in [0.1, 0.15) is 12.4 Å². The van der Waals surface area contributed by atoms with Crippen LogP contribution in [0.3, 0.4) is 0 Å². The summed E-state index contributed by atoms with van der Waals surface area (Å²) in [6.07, 6.45) is 1.65. The van der Waals surface area contributed by atoms with Crippen molar-refractivity contribution in [2.75, 3.05) is 11.1 Å². The minimum Gasteiger partial charge on any atom is -0.473 e. The van der Waals surface area contributed by atoms with Crippen LogP contribution in [0.2, 0.25) is 0 Å². The van der Waals surface area contributed by atoms with E-state index < -0.39 is 5.25 Å². The number of nitrogens with one attached hydrogen (secondary N) is 2. The Kier molecular flexibility index (Phi) is 8.05. The van der Waals surface area contributed by atoms with Crippen LogP contribution in [0.5, 0.6) is 5.88 Å². The molecule has 0 aliphatic carbocycles. The molecular weight excluding hydrogens is 416 g/mol. The number of hydrogen-bond donors (Lipinski definition) is 2. The minimum absolute atomic E-state index is 0.162. The van der Waals surface area contributed by atoms with Crippen LogP contribution >= 0.6 is 11.8 Å². The van der Waals surface area contributed by atoms with Crippen molar-refractivity contribution in [2.24, 2.45) is 0 Å². The predicted molar refractivity (Wildman–Crippen MR) is 119 cm³/mol. The van der Waals surface area contributed by atoms with Crippen LogP contribution in [0.15, 0.2) is 59.3 Å². The molecule has 162 valence electrons. The molecule has 2 aromatic heterocycles. The highest BCUT2D eigenvalue weighted by atomic mass is 32.2. The van der Waals surface area contributed by atoms with Crippen molar-refractivity contribution in [1.82, 2.24) is 15.5 Å². The Morgan fingerprint density at radius 1 is 1.16 bits per heavy atom. The molecule has 0 bridgehead atoms. The summed E-state index contributed by atoms with van der Waals surface area (Å²) < 4.78 is 10.6. The molecule has 0 spiro atoms. The van der Waals surface area contributed by atoms with Crippen LogP contribution in [0.25, 0.3) is 0 Å². The summed E-state index contributed by atoms with van der Waals surface area (Å²) in [5.74, 6) is 1.24. The second kappa shape index (κ2) is 11.2. The van der Waals surface area contributed by atoms with Gasteiger partial charge in [-0.2, -0.15) is 0 Å². The quantitative estimate of drug-likeness (QED) is 0.498. The van der Waals surface area contributed by atoms with Gasteiger partial charge in [-0.25, -0.2) is 4.98 Å². The smallest absolute Gasteiger partial charge is 0.238 e. The van der Waals surface area contributed by atoms with Crippen molar-refractivity contribution in [3.05, 3.63) is 71.6 Å². The Bertz CT molecular complexity index is 1010. The molecule has 3 rings (SSSR count). The Hall–Kier alpha value is -3.33. The van der Waals surface area contributed by atoms with E-state index in [0.717, 1.165) is 11.1 Å². The van der Waals surface area contributed by atoms with Crippen LogP contribution in [-0.2, 0) is 22.7 Å². The largest absolute Gasteiger partial charge is 0.473 e. The Labute approximate surface area is 184 Å². The molecule has 1 atom stereocenters. The van der Waals surface area contributed by atoms with Gasteiger partial charge >= 0.3 is 0 Å². The van der Waals surface area contributed by atoms with Gasteiger partial charge in [-0.05, 0) is 31.0 Å². The third-order valence-electron chi connectivity index (χ3n) is 4.23. The van der Waals surface area contributed by atoms with Gasteiger partial charge < -0.3 is 19.9 Å². The third kappa shape index (κ3) is 7.45. The fraction of sp³-hybridized carbons (Fsp3) is 0.273. The van der Waals surface area contributed by atoms with Crippen LogP contribution in [-0.4, -0.2) is 33.0 Å². The molecule has 31 heavy (non-hydrogen) atoms. The molecule has 0 saturated carbocycles. The summed E-state index contributed by atoms with van der Waals surface area (Å²) in [7, 11) is 0. The fourth-order valence-corrected chi connectivity index (χ4v) is 3.27. The van der Waals surface area contributed by atoms with Gasteiger partial charge in [0.05, 0.1) is 11.0 Å². The maximum atomic E-state index is 12.2. The van der Waals surface area contributed by atoms with E-state index in [9.17, 15) is 9.59 Å². The molecule has 2 N–H and O–H groups in total. The van der Waals surface area contributed by atoms with E-state index in [2.05, 4.69) is 20.8 Å². The second-order valence-corrected chi connectivity index (χ2v) is 8.15. The maximum Gasteiger partial charge on any atom is 0.238 e. The highest BCUT2D eigenvalue weighted by Crippen LogP contribution is 2.15. The first kappa shape index (κ1) is 22.4. The molecule has 0 aliphatic heterocycles. The number of carbonyl (C=O) groups is 2. The number of hydrogen-bond acceptors (Lipinski definition) is 7. The molecule has 0 fully saturated rings. The number of carbonyl (C=O) groups excluding carboxylic acids is 2. The standard InChI is InChI=1S/C22H24N4O4S/c1-15-10-19(26-30-15)25-22(28)16(2)31-14-20(27)24-12-18-8-9-23-21(11-18)29-13-17-6-4-3-5-7-17/h3-11,16H,12-14H2,1-2H3,(H,24,27)(H,25,26,28). The van der Waals surface area contributed by atoms with Gasteiger partial charge in [-0.1, -0.05) is 35.5 Å². The zero-order valence-corrected chi connectivity index (χ0v) is 18.1. The molecule has 2 amide bonds. The van der Waals surface area contributed by atoms with Crippen LogP contribution in [0.4, 0.5) is 5.82 Å². The number of aryl methyl sites for hydroxylation is 1. The number of thioether (sulfide) groups is 1. The molecule has 8 nitrogen and oxygen atoms in total. The summed E-state index contributed by atoms with van der Waals surface area (Å²) in [6, 6.07) is 15.1. The van der Waals surface area contributed by atoms with Gasteiger partial charge in [0, 0.05) is 24.9 Å². The predicted octanol–water partition coefficient (Wildman–Crippen LogP) is 3.33. The molecule has 0 aliphatic rings. The van der Waals surface area contributed by atoms with Crippen molar-refractivity contribution in [3.8, 4) is 5.88 Å². The number of benzene rings is 1. The molecule has 1 unspecified atom stereocenters. The summed E-state index contributed by atoms with van der Waals surface area (Å²) in [4.78, 5) is 28.5. The van der Waals surface area contributed by atoms with Gasteiger partial charge in [0.25, 0.3) is 0 Å². The Balaban J connectivity index is 1.39. The van der Waals surface area contributed by atoms with Crippen molar-refractivity contribution in [3.63, 3.8) is 0 Å². The summed E-state index contributed by atoms with van der Waals surface area (Å²) in [6.45, 7) is 4.25. The van der Waals surface area contributed by atoms with E-state index in [4.69, 9.17) is 9.26 Å². The molecule has 3 aromatic rings. The van der Waals surface area contributed by atoms with Gasteiger partial charge in [-0.15, -0.1) is 11.8 Å². The van der Waals surface area contributed by atoms with Crippen molar-refractivity contribution >= 4 is 29.4 Å². The van der Waals surface area contributed by atoms with Gasteiger partial charge in [0.15, 0.2) is 5.82 Å². The number of anilines is 1. The minimum atomic E-state index is -0.415. The lowest BCUT2D eigenvalue weighted by Gasteiger charge is -2.11. The lowest BCUT2D eigenvalue weighted by Crippen LogP contribution is -2.28. The van der Waals surface area contributed by atoms with E-state index in [1.807, 2.05) is 36.4 Å². The highest BCUT2D eigenvalue weighted by molar-refractivity contribution is 8.01. The van der Waals surface area contributed by atoms with Gasteiger partial charge in [0.2, 0.25) is 17.7 Å². The Morgan fingerprint density at radius 3 is 2.71 bits per heavy atom. The molecule has 1 aromatic carbocycles. The number of pyridine rings is 1. The van der Waals surface area contributed by atoms with E-state index in [1.54, 1.807) is 32.2 Å². The van der Waals surface area contributed by atoms with Crippen molar-refractivity contribution in [2.45, 2.75) is 32.2 Å². The summed E-state index contributed by atoms with van der Waals surface area (Å²) in [5.41, 5.74) is 1.93. The first-order valence-electron chi connectivity index (χ1n) is 9.74. The van der Waals surface area contributed by atoms with Crippen LogP contribution in [0, 0.1) is 6.92 Å². The maximum absolute atomic E-state index is 12.2. The zero-order chi connectivity index (χ0) is 22.1. The van der Waals surface area contributed by atoms with Crippen molar-refractivity contribution < 1.29 is 18.8 Å². The number of rotatable bonds is 10. The summed E-state index contributed by atoms with van der Waals surface area (Å²) in [5, 5.41) is 8.81. The molecule has 0 radical (unpaired) electrons. The number of nitrogens with zero attached hydrogens (tertiary/aromatic N) is 2. The van der Waals surface area contributed by atoms with Crippen molar-refractivity contribution in [1.29, 1.82) is 0 Å².